The van der Waals surface area contributed by atoms with Gasteiger partial charge in [-0.15, -0.1) is 0 Å². The van der Waals surface area contributed by atoms with Crippen LogP contribution in [0, 0.1) is 0 Å². The first-order valence-electron chi connectivity index (χ1n) is 8.58. The molecule has 1 heterocycles. The molecule has 0 unspecified atom stereocenters. The van der Waals surface area contributed by atoms with Crippen molar-refractivity contribution in [2.45, 2.75) is 13.8 Å². The van der Waals surface area contributed by atoms with Gasteiger partial charge in [0, 0.05) is 6.07 Å². The van der Waals surface area contributed by atoms with Gasteiger partial charge in [-0.1, -0.05) is 11.6 Å². The number of Topliss-reactive ketones (excluding diaryl/α,β-unsaturated/α-hetero) is 1. The van der Waals surface area contributed by atoms with E-state index in [2.05, 4.69) is 0 Å². The van der Waals surface area contributed by atoms with Crippen LogP contribution in [0.4, 0.5) is 0 Å². The van der Waals surface area contributed by atoms with E-state index in [9.17, 15) is 4.79 Å². The van der Waals surface area contributed by atoms with Gasteiger partial charge in [-0.25, -0.2) is 0 Å². The Hall–Kier alpha value is -3.21. The molecule has 27 heavy (non-hydrogen) atoms. The lowest BCUT2D eigenvalue weighted by Crippen LogP contribution is -1.99. The number of fused-ring (bicyclic) bond motifs is 1. The third-order valence-corrected chi connectivity index (χ3v) is 4.09. The van der Waals surface area contributed by atoms with Crippen molar-refractivity contribution in [2.24, 2.45) is 0 Å². The van der Waals surface area contributed by atoms with E-state index in [1.54, 1.807) is 38.5 Å². The minimum absolute atomic E-state index is 0.157. The topological polar surface area (TPSA) is 54.0 Å². The Labute approximate surface area is 158 Å². The zero-order chi connectivity index (χ0) is 19.4. The van der Waals surface area contributed by atoms with Crippen molar-refractivity contribution in [1.29, 1.82) is 0 Å². The quantitative estimate of drug-likeness (QED) is 0.549. The fraction of sp³-hybridized carbons (Fsp3) is 0.227. The largest absolute Gasteiger partial charge is 0.497 e. The van der Waals surface area contributed by atoms with Gasteiger partial charge in [0.2, 0.25) is 5.78 Å². The minimum atomic E-state index is -0.157. The van der Waals surface area contributed by atoms with Gasteiger partial charge in [-0.2, -0.15) is 0 Å². The summed E-state index contributed by atoms with van der Waals surface area (Å²) in [6, 6.07) is 10.6. The number of methoxy groups -OCH3 is 2. The molecule has 0 spiro atoms. The van der Waals surface area contributed by atoms with Gasteiger partial charge in [0.1, 0.15) is 18.1 Å². The maximum Gasteiger partial charge on any atom is 0.231 e. The van der Waals surface area contributed by atoms with E-state index in [4.69, 9.17) is 18.9 Å². The first kappa shape index (κ1) is 18.6. The monoisotopic (exact) mass is 366 g/mol. The Bertz CT molecular complexity index is 920. The third-order valence-electron chi connectivity index (χ3n) is 4.09. The Morgan fingerprint density at radius 2 is 1.85 bits per heavy atom. The minimum Gasteiger partial charge on any atom is -0.497 e. The molecule has 1 aliphatic heterocycles. The molecule has 0 atom stereocenters. The standard InChI is InChI=1S/C22H22O5/c1-14(2)9-10-26-18-8-5-15(11-20(18)25-4)12-21-22(23)17-7-6-16(24-3)13-19(17)27-21/h5-9,11-13H,10H2,1-4H3/b21-12-. The number of carbonyl (C=O) groups is 1. The molecule has 0 aromatic heterocycles. The van der Waals surface area contributed by atoms with Crippen LogP contribution in [0.15, 0.2) is 53.8 Å². The highest BCUT2D eigenvalue weighted by Crippen LogP contribution is 2.35. The Kier molecular flexibility index (Phi) is 5.50. The fourth-order valence-corrected chi connectivity index (χ4v) is 2.64. The lowest BCUT2D eigenvalue weighted by atomic mass is 10.1. The van der Waals surface area contributed by atoms with Crippen molar-refractivity contribution in [3.8, 4) is 23.0 Å². The van der Waals surface area contributed by atoms with Crippen LogP contribution in [0.3, 0.4) is 0 Å². The highest BCUT2D eigenvalue weighted by molar-refractivity contribution is 6.14. The molecule has 3 rings (SSSR count). The maximum atomic E-state index is 12.5. The number of hydrogen-bond acceptors (Lipinski definition) is 5. The van der Waals surface area contributed by atoms with Gasteiger partial charge >= 0.3 is 0 Å². The van der Waals surface area contributed by atoms with Gasteiger partial charge in [0.15, 0.2) is 17.3 Å². The van der Waals surface area contributed by atoms with Gasteiger partial charge in [0.25, 0.3) is 0 Å². The lowest BCUT2D eigenvalue weighted by molar-refractivity contribution is 0.101. The summed E-state index contributed by atoms with van der Waals surface area (Å²) in [7, 11) is 3.15. The highest BCUT2D eigenvalue weighted by Gasteiger charge is 2.27. The van der Waals surface area contributed by atoms with Crippen LogP contribution in [0.25, 0.3) is 6.08 Å². The summed E-state index contributed by atoms with van der Waals surface area (Å²) >= 11 is 0. The van der Waals surface area contributed by atoms with Crippen molar-refractivity contribution < 1.29 is 23.7 Å². The van der Waals surface area contributed by atoms with Crippen molar-refractivity contribution in [3.05, 3.63) is 64.9 Å². The van der Waals surface area contributed by atoms with Crippen LogP contribution < -0.4 is 18.9 Å². The molecule has 2 aromatic carbocycles. The molecule has 1 aliphatic rings. The molecule has 0 saturated carbocycles. The molecule has 0 saturated heterocycles. The lowest BCUT2D eigenvalue weighted by Gasteiger charge is -2.10. The summed E-state index contributed by atoms with van der Waals surface area (Å²) in [5.74, 6) is 2.48. The SMILES string of the molecule is COc1ccc2c(c1)O/C(=C\c1ccc(OCC=C(C)C)c(OC)c1)C2=O. The van der Waals surface area contributed by atoms with Crippen LogP contribution >= 0.6 is 0 Å². The molecule has 2 aromatic rings. The second-order valence-corrected chi connectivity index (χ2v) is 6.30. The zero-order valence-corrected chi connectivity index (χ0v) is 15.9. The average molecular weight is 366 g/mol. The first-order valence-corrected chi connectivity index (χ1v) is 8.58. The van der Waals surface area contributed by atoms with Crippen molar-refractivity contribution in [2.75, 3.05) is 20.8 Å². The Balaban J connectivity index is 1.83. The molecule has 0 fully saturated rings. The molecule has 0 N–H and O–H groups in total. The van der Waals surface area contributed by atoms with Crippen LogP contribution in [0.2, 0.25) is 0 Å². The zero-order valence-electron chi connectivity index (χ0n) is 15.9. The summed E-state index contributed by atoms with van der Waals surface area (Å²) in [5.41, 5.74) is 2.49. The smallest absolute Gasteiger partial charge is 0.231 e. The number of allylic oxidation sites excluding steroid dienone is 2. The van der Waals surface area contributed by atoms with E-state index >= 15 is 0 Å². The van der Waals surface area contributed by atoms with E-state index < -0.39 is 0 Å². The van der Waals surface area contributed by atoms with Crippen molar-refractivity contribution in [1.82, 2.24) is 0 Å². The normalized spacial score (nSPS) is 13.8. The van der Waals surface area contributed by atoms with Gasteiger partial charge in [-0.05, 0) is 55.8 Å². The molecule has 0 bridgehead atoms. The van der Waals surface area contributed by atoms with E-state index in [1.165, 1.54) is 5.57 Å². The van der Waals surface area contributed by atoms with E-state index in [-0.39, 0.29) is 11.5 Å². The molecule has 0 aliphatic carbocycles. The third kappa shape index (κ3) is 4.14. The maximum absolute atomic E-state index is 12.5. The number of ether oxygens (including phenoxy) is 4. The Morgan fingerprint density at radius 1 is 1.04 bits per heavy atom. The van der Waals surface area contributed by atoms with Crippen molar-refractivity contribution in [3.63, 3.8) is 0 Å². The van der Waals surface area contributed by atoms with Crippen molar-refractivity contribution >= 4 is 11.9 Å². The molecule has 140 valence electrons. The number of carbonyl (C=O) groups excluding carboxylic acids is 1. The summed E-state index contributed by atoms with van der Waals surface area (Å²) in [6.07, 6.45) is 3.68. The van der Waals surface area contributed by atoms with E-state index in [0.717, 1.165) is 5.56 Å². The predicted octanol–water partition coefficient (Wildman–Crippen LogP) is 4.67. The number of rotatable bonds is 6. The van der Waals surface area contributed by atoms with Crippen LogP contribution in [-0.2, 0) is 0 Å². The number of hydrogen-bond donors (Lipinski definition) is 0. The summed E-state index contributed by atoms with van der Waals surface area (Å²) < 4.78 is 22.0. The van der Waals surface area contributed by atoms with Crippen LogP contribution in [0.5, 0.6) is 23.0 Å². The summed E-state index contributed by atoms with van der Waals surface area (Å²) in [5, 5.41) is 0. The van der Waals surface area contributed by atoms with Gasteiger partial charge in [0.05, 0.1) is 19.8 Å². The van der Waals surface area contributed by atoms with E-state index in [1.807, 2.05) is 38.1 Å². The predicted molar refractivity (Wildman–Crippen MR) is 104 cm³/mol. The molecule has 0 radical (unpaired) electrons. The number of ketones is 1. The summed E-state index contributed by atoms with van der Waals surface area (Å²) in [6.45, 7) is 4.50. The molecule has 5 nitrogen and oxygen atoms in total. The second kappa shape index (κ2) is 7.99. The van der Waals surface area contributed by atoms with Gasteiger partial charge < -0.3 is 18.9 Å². The molecule has 5 heteroatoms. The highest BCUT2D eigenvalue weighted by atomic mass is 16.5. The molecular weight excluding hydrogens is 344 g/mol. The molecular formula is C22H22O5. The van der Waals surface area contributed by atoms with Crippen LogP contribution in [-0.4, -0.2) is 26.6 Å². The van der Waals surface area contributed by atoms with Gasteiger partial charge in [-0.3, -0.25) is 4.79 Å². The van der Waals surface area contributed by atoms with Crippen LogP contribution in [0.1, 0.15) is 29.8 Å². The average Bonchev–Trinajstić information content (AvgIpc) is 2.97. The molecule has 0 amide bonds. The fourth-order valence-electron chi connectivity index (χ4n) is 2.64. The second-order valence-electron chi connectivity index (χ2n) is 6.30. The first-order chi connectivity index (χ1) is 13.0. The summed E-state index contributed by atoms with van der Waals surface area (Å²) in [4.78, 5) is 12.5. The van der Waals surface area contributed by atoms with E-state index in [0.29, 0.717) is 35.2 Å². The number of benzene rings is 2. The Morgan fingerprint density at radius 3 is 2.56 bits per heavy atom.